The van der Waals surface area contributed by atoms with Crippen LogP contribution in [0.25, 0.3) is 0 Å². The van der Waals surface area contributed by atoms with Gasteiger partial charge in [0, 0.05) is 18.8 Å². The van der Waals surface area contributed by atoms with E-state index in [4.69, 9.17) is 0 Å². The van der Waals surface area contributed by atoms with Crippen molar-refractivity contribution in [1.29, 1.82) is 0 Å². The lowest BCUT2D eigenvalue weighted by molar-refractivity contribution is -0.134. The van der Waals surface area contributed by atoms with Crippen LogP contribution >= 0.6 is 0 Å². The standard InChI is InChI=1S/C13H14FN3O2/c1-9-4-3-5-11(15-9)17-7-6-16(8-12(17)18)13(19)10(2)14/h3-5H,2,6-8H2,1H3. The molecule has 1 aliphatic heterocycles. The number of rotatable bonds is 2. The molecule has 0 aliphatic carbocycles. The van der Waals surface area contributed by atoms with Crippen LogP contribution in [0.5, 0.6) is 0 Å². The van der Waals surface area contributed by atoms with Crippen molar-refractivity contribution >= 4 is 17.6 Å². The molecule has 19 heavy (non-hydrogen) atoms. The monoisotopic (exact) mass is 263 g/mol. The Morgan fingerprint density at radius 3 is 2.74 bits per heavy atom. The third-order valence-electron chi connectivity index (χ3n) is 2.89. The minimum absolute atomic E-state index is 0.155. The van der Waals surface area contributed by atoms with Gasteiger partial charge in [-0.05, 0) is 19.1 Å². The van der Waals surface area contributed by atoms with Crippen LogP contribution in [-0.2, 0) is 9.59 Å². The summed E-state index contributed by atoms with van der Waals surface area (Å²) in [5, 5.41) is 0. The zero-order valence-electron chi connectivity index (χ0n) is 10.6. The molecule has 1 aromatic heterocycles. The number of pyridine rings is 1. The van der Waals surface area contributed by atoms with Gasteiger partial charge in [-0.15, -0.1) is 0 Å². The number of carbonyl (C=O) groups excluding carboxylic acids is 2. The topological polar surface area (TPSA) is 53.5 Å². The molecule has 0 aromatic carbocycles. The van der Waals surface area contributed by atoms with Crippen LogP contribution < -0.4 is 4.90 Å². The molecule has 0 spiro atoms. The highest BCUT2D eigenvalue weighted by Crippen LogP contribution is 2.16. The lowest BCUT2D eigenvalue weighted by Gasteiger charge is -2.33. The predicted molar refractivity (Wildman–Crippen MR) is 68.2 cm³/mol. The van der Waals surface area contributed by atoms with E-state index in [9.17, 15) is 14.0 Å². The smallest absolute Gasteiger partial charge is 0.282 e. The van der Waals surface area contributed by atoms with Crippen LogP contribution in [0.15, 0.2) is 30.6 Å². The van der Waals surface area contributed by atoms with Crippen molar-refractivity contribution in [2.45, 2.75) is 6.92 Å². The fourth-order valence-corrected chi connectivity index (χ4v) is 1.94. The first kappa shape index (κ1) is 13.2. The van der Waals surface area contributed by atoms with Gasteiger partial charge in [0.05, 0.1) is 0 Å². The highest BCUT2D eigenvalue weighted by atomic mass is 19.1. The van der Waals surface area contributed by atoms with Gasteiger partial charge in [-0.2, -0.15) is 0 Å². The highest BCUT2D eigenvalue weighted by molar-refractivity contribution is 5.99. The Morgan fingerprint density at radius 2 is 2.16 bits per heavy atom. The molecule has 0 N–H and O–H groups in total. The van der Waals surface area contributed by atoms with Crippen LogP contribution in [0.3, 0.4) is 0 Å². The van der Waals surface area contributed by atoms with Crippen molar-refractivity contribution in [3.63, 3.8) is 0 Å². The Labute approximate surface area is 110 Å². The molecule has 0 bridgehead atoms. The molecule has 0 saturated carbocycles. The Hall–Kier alpha value is -2.24. The van der Waals surface area contributed by atoms with Gasteiger partial charge < -0.3 is 4.90 Å². The second-order valence-electron chi connectivity index (χ2n) is 4.31. The number of aromatic nitrogens is 1. The SMILES string of the molecule is C=C(F)C(=O)N1CCN(c2cccc(C)n2)C(=O)C1. The average Bonchev–Trinajstić information content (AvgIpc) is 2.37. The van der Waals surface area contributed by atoms with E-state index in [-0.39, 0.29) is 19.0 Å². The van der Waals surface area contributed by atoms with Crippen molar-refractivity contribution in [1.82, 2.24) is 9.88 Å². The van der Waals surface area contributed by atoms with Gasteiger partial charge in [0.15, 0.2) is 5.83 Å². The molecule has 2 heterocycles. The van der Waals surface area contributed by atoms with Gasteiger partial charge in [-0.3, -0.25) is 14.5 Å². The molecular weight excluding hydrogens is 249 g/mol. The Balaban J connectivity index is 2.11. The third kappa shape index (κ3) is 2.78. The van der Waals surface area contributed by atoms with Crippen molar-refractivity contribution in [3.05, 3.63) is 36.3 Å². The maximum atomic E-state index is 12.8. The molecule has 0 atom stereocenters. The van der Waals surface area contributed by atoms with Crippen molar-refractivity contribution < 1.29 is 14.0 Å². The van der Waals surface area contributed by atoms with Gasteiger partial charge in [0.1, 0.15) is 12.4 Å². The number of nitrogens with zero attached hydrogens (tertiary/aromatic N) is 3. The number of aryl methyl sites for hydroxylation is 1. The molecule has 100 valence electrons. The third-order valence-corrected chi connectivity index (χ3v) is 2.89. The van der Waals surface area contributed by atoms with E-state index in [0.29, 0.717) is 12.4 Å². The van der Waals surface area contributed by atoms with Crippen LogP contribution in [0.2, 0.25) is 0 Å². The minimum Gasteiger partial charge on any atom is -0.326 e. The largest absolute Gasteiger partial charge is 0.326 e. The first-order chi connectivity index (χ1) is 8.99. The van der Waals surface area contributed by atoms with Gasteiger partial charge >= 0.3 is 0 Å². The molecule has 1 fully saturated rings. The summed E-state index contributed by atoms with van der Waals surface area (Å²) in [5.74, 6) is -1.60. The maximum absolute atomic E-state index is 12.8. The summed E-state index contributed by atoms with van der Waals surface area (Å²) < 4.78 is 12.8. The predicted octanol–water partition coefficient (Wildman–Crippen LogP) is 1.05. The Morgan fingerprint density at radius 1 is 1.42 bits per heavy atom. The zero-order chi connectivity index (χ0) is 14.0. The fourth-order valence-electron chi connectivity index (χ4n) is 1.94. The normalized spacial score (nSPS) is 15.6. The minimum atomic E-state index is -1.05. The molecule has 2 rings (SSSR count). The number of carbonyl (C=O) groups is 2. The van der Waals surface area contributed by atoms with E-state index >= 15 is 0 Å². The number of anilines is 1. The summed E-state index contributed by atoms with van der Waals surface area (Å²) in [6.07, 6.45) is 0. The number of amides is 2. The molecule has 6 heteroatoms. The van der Waals surface area contributed by atoms with Crippen molar-refractivity contribution in [2.24, 2.45) is 0 Å². The molecule has 5 nitrogen and oxygen atoms in total. The van der Waals surface area contributed by atoms with Gasteiger partial charge in [-0.1, -0.05) is 12.6 Å². The van der Waals surface area contributed by atoms with Crippen LogP contribution in [0, 0.1) is 6.92 Å². The summed E-state index contributed by atoms with van der Waals surface area (Å²) >= 11 is 0. The first-order valence-corrected chi connectivity index (χ1v) is 5.87. The second-order valence-corrected chi connectivity index (χ2v) is 4.31. The second kappa shape index (κ2) is 5.17. The molecular formula is C13H14FN3O2. The van der Waals surface area contributed by atoms with E-state index in [1.807, 2.05) is 19.1 Å². The average molecular weight is 263 g/mol. The van der Waals surface area contributed by atoms with E-state index in [1.54, 1.807) is 6.07 Å². The summed E-state index contributed by atoms with van der Waals surface area (Å²) in [6.45, 7) is 5.19. The summed E-state index contributed by atoms with van der Waals surface area (Å²) in [6, 6.07) is 5.38. The summed E-state index contributed by atoms with van der Waals surface area (Å²) in [4.78, 5) is 30.3. The lowest BCUT2D eigenvalue weighted by Crippen LogP contribution is -2.52. The number of hydrogen-bond donors (Lipinski definition) is 0. The van der Waals surface area contributed by atoms with Gasteiger partial charge in [-0.25, -0.2) is 9.37 Å². The lowest BCUT2D eigenvalue weighted by atomic mass is 10.2. The molecule has 1 aromatic rings. The van der Waals surface area contributed by atoms with Gasteiger partial charge in [0.25, 0.3) is 5.91 Å². The molecule has 2 amide bonds. The van der Waals surface area contributed by atoms with Crippen LogP contribution in [0.4, 0.5) is 10.2 Å². The van der Waals surface area contributed by atoms with Crippen molar-refractivity contribution in [3.8, 4) is 0 Å². The molecule has 1 saturated heterocycles. The number of halogens is 1. The first-order valence-electron chi connectivity index (χ1n) is 5.87. The number of piperazine rings is 1. The quantitative estimate of drug-likeness (QED) is 0.749. The van der Waals surface area contributed by atoms with E-state index in [0.717, 1.165) is 10.6 Å². The highest BCUT2D eigenvalue weighted by Gasteiger charge is 2.29. The van der Waals surface area contributed by atoms with E-state index < -0.39 is 11.7 Å². The summed E-state index contributed by atoms with van der Waals surface area (Å²) in [7, 11) is 0. The Kier molecular flexibility index (Phi) is 3.59. The zero-order valence-corrected chi connectivity index (χ0v) is 10.6. The van der Waals surface area contributed by atoms with E-state index in [2.05, 4.69) is 11.6 Å². The maximum Gasteiger partial charge on any atom is 0.282 e. The fraction of sp³-hybridized carbons (Fsp3) is 0.308. The molecule has 0 radical (unpaired) electrons. The number of hydrogen-bond acceptors (Lipinski definition) is 3. The van der Waals surface area contributed by atoms with Crippen molar-refractivity contribution in [2.75, 3.05) is 24.5 Å². The van der Waals surface area contributed by atoms with Crippen LogP contribution in [0.1, 0.15) is 5.69 Å². The Bertz CT molecular complexity index is 544. The molecule has 1 aliphatic rings. The molecule has 0 unspecified atom stereocenters. The van der Waals surface area contributed by atoms with E-state index in [1.165, 1.54) is 4.90 Å². The van der Waals surface area contributed by atoms with Gasteiger partial charge in [0.2, 0.25) is 5.91 Å². The summed E-state index contributed by atoms with van der Waals surface area (Å²) in [5.41, 5.74) is 0.806. The van der Waals surface area contributed by atoms with Crippen LogP contribution in [-0.4, -0.2) is 41.3 Å².